The van der Waals surface area contributed by atoms with Gasteiger partial charge >= 0.3 is 0 Å². The van der Waals surface area contributed by atoms with Gasteiger partial charge in [0.25, 0.3) is 0 Å². The quantitative estimate of drug-likeness (QED) is 0.780. The molecule has 0 aliphatic carbocycles. The van der Waals surface area contributed by atoms with Crippen molar-refractivity contribution in [2.75, 3.05) is 20.2 Å². The van der Waals surface area contributed by atoms with Gasteiger partial charge in [0.2, 0.25) is 0 Å². The zero-order valence-electron chi connectivity index (χ0n) is 15.3. The average molecular weight is 328 g/mol. The fourth-order valence-electron chi connectivity index (χ4n) is 4.02. The van der Waals surface area contributed by atoms with E-state index in [0.717, 1.165) is 40.9 Å². The van der Waals surface area contributed by atoms with Gasteiger partial charge in [-0.2, -0.15) is 0 Å². The van der Waals surface area contributed by atoms with Gasteiger partial charge in [-0.1, -0.05) is 13.3 Å². The number of hydrogen-bond acceptors (Lipinski definition) is 3. The molecule has 1 aliphatic rings. The molecule has 0 radical (unpaired) electrons. The normalized spacial score (nSPS) is 18.9. The summed E-state index contributed by atoms with van der Waals surface area (Å²) in [7, 11) is 3.69. The van der Waals surface area contributed by atoms with Crippen LogP contribution in [0, 0.1) is 6.92 Å². The van der Waals surface area contributed by atoms with Crippen LogP contribution < -0.4 is 4.74 Å². The van der Waals surface area contributed by atoms with Gasteiger partial charge in [-0.3, -0.25) is 9.69 Å². The molecule has 1 aromatic carbocycles. The van der Waals surface area contributed by atoms with E-state index in [9.17, 15) is 4.79 Å². The summed E-state index contributed by atoms with van der Waals surface area (Å²) in [6.07, 6.45) is 4.82. The maximum atomic E-state index is 13.1. The number of fused-ring (bicyclic) bond motifs is 1. The minimum atomic E-state index is 0.228. The maximum Gasteiger partial charge on any atom is 0.179 e. The lowest BCUT2D eigenvalue weighted by Crippen LogP contribution is -2.42. The molecule has 4 nitrogen and oxygen atoms in total. The number of methoxy groups -OCH3 is 1. The van der Waals surface area contributed by atoms with Gasteiger partial charge in [-0.15, -0.1) is 0 Å². The van der Waals surface area contributed by atoms with E-state index in [1.165, 1.54) is 19.3 Å². The highest BCUT2D eigenvalue weighted by atomic mass is 16.5. The van der Waals surface area contributed by atoms with E-state index in [1.807, 2.05) is 32.2 Å². The van der Waals surface area contributed by atoms with Gasteiger partial charge in [-0.05, 0) is 50.9 Å². The average Bonchev–Trinajstić information content (AvgIpc) is 2.85. The molecule has 1 aliphatic heterocycles. The first-order valence-corrected chi connectivity index (χ1v) is 8.97. The standard InChI is InChI=1S/C20H28N2O2/c1-5-15-8-6-7-11-22(15)13-19(23)20-14(2)21(3)18-10-9-16(24-4)12-17(18)20/h9-10,12,15H,5-8,11,13H2,1-4H3/t15-/m1/s1. The van der Waals surface area contributed by atoms with Crippen LogP contribution in [0.25, 0.3) is 10.9 Å². The number of hydrogen-bond donors (Lipinski definition) is 0. The topological polar surface area (TPSA) is 34.5 Å². The molecule has 0 N–H and O–H groups in total. The van der Waals surface area contributed by atoms with Gasteiger partial charge in [0, 0.05) is 35.2 Å². The summed E-state index contributed by atoms with van der Waals surface area (Å²) in [5, 5.41) is 1.00. The summed E-state index contributed by atoms with van der Waals surface area (Å²) in [4.78, 5) is 15.5. The van der Waals surface area contributed by atoms with Crippen molar-refractivity contribution in [3.63, 3.8) is 0 Å². The summed E-state index contributed by atoms with van der Waals surface area (Å²) in [5.74, 6) is 1.03. The Morgan fingerprint density at radius 1 is 1.33 bits per heavy atom. The number of ether oxygens (including phenoxy) is 1. The molecule has 1 fully saturated rings. The predicted molar refractivity (Wildman–Crippen MR) is 98.0 cm³/mol. The van der Waals surface area contributed by atoms with E-state index in [-0.39, 0.29) is 5.78 Å². The van der Waals surface area contributed by atoms with E-state index >= 15 is 0 Å². The number of rotatable bonds is 5. The number of benzene rings is 1. The zero-order valence-corrected chi connectivity index (χ0v) is 15.3. The molecule has 1 atom stereocenters. The van der Waals surface area contributed by atoms with Crippen molar-refractivity contribution >= 4 is 16.7 Å². The minimum absolute atomic E-state index is 0.228. The third-order valence-corrected chi connectivity index (χ3v) is 5.55. The Labute approximate surface area is 144 Å². The lowest BCUT2D eigenvalue weighted by Gasteiger charge is -2.34. The molecular weight excluding hydrogens is 300 g/mol. The predicted octanol–water partition coefficient (Wildman–Crippen LogP) is 3.94. The number of carbonyl (C=O) groups is 1. The summed E-state index contributed by atoms with van der Waals surface area (Å²) in [5.41, 5.74) is 2.97. The Kier molecular flexibility index (Phi) is 4.95. The highest BCUT2D eigenvalue weighted by molar-refractivity contribution is 6.10. The molecule has 130 valence electrons. The fraction of sp³-hybridized carbons (Fsp3) is 0.550. The van der Waals surface area contributed by atoms with Crippen LogP contribution in [0.2, 0.25) is 0 Å². The first kappa shape index (κ1) is 17.0. The van der Waals surface area contributed by atoms with Gasteiger partial charge in [0.15, 0.2) is 5.78 Å². The van der Waals surface area contributed by atoms with Crippen molar-refractivity contribution in [2.45, 2.75) is 45.6 Å². The molecule has 2 heterocycles. The van der Waals surface area contributed by atoms with E-state index < -0.39 is 0 Å². The SMILES string of the molecule is CC[C@@H]1CCCCN1CC(=O)c1c(C)n(C)c2ccc(OC)cc12. The number of Topliss-reactive ketones (excluding diaryl/α,β-unsaturated/α-hetero) is 1. The van der Waals surface area contributed by atoms with Crippen molar-refractivity contribution in [3.8, 4) is 5.75 Å². The van der Waals surface area contributed by atoms with Crippen LogP contribution >= 0.6 is 0 Å². The number of piperidine rings is 1. The van der Waals surface area contributed by atoms with Crippen molar-refractivity contribution in [3.05, 3.63) is 29.5 Å². The highest BCUT2D eigenvalue weighted by Gasteiger charge is 2.26. The van der Waals surface area contributed by atoms with Crippen LogP contribution in [0.4, 0.5) is 0 Å². The van der Waals surface area contributed by atoms with Crippen LogP contribution in [-0.4, -0.2) is 41.5 Å². The van der Waals surface area contributed by atoms with Crippen LogP contribution in [0.15, 0.2) is 18.2 Å². The van der Waals surface area contributed by atoms with Crippen LogP contribution in [-0.2, 0) is 7.05 Å². The maximum absolute atomic E-state index is 13.1. The number of carbonyl (C=O) groups excluding carboxylic acids is 1. The van der Waals surface area contributed by atoms with Gasteiger partial charge in [0.1, 0.15) is 5.75 Å². The molecule has 0 unspecified atom stereocenters. The van der Waals surface area contributed by atoms with Crippen molar-refractivity contribution in [1.29, 1.82) is 0 Å². The second kappa shape index (κ2) is 6.98. The Bertz CT molecular complexity index is 748. The second-order valence-corrected chi connectivity index (χ2v) is 6.85. The Morgan fingerprint density at radius 2 is 2.12 bits per heavy atom. The molecule has 0 amide bonds. The van der Waals surface area contributed by atoms with E-state index in [4.69, 9.17) is 4.74 Å². The minimum Gasteiger partial charge on any atom is -0.497 e. The molecular formula is C20H28N2O2. The van der Waals surface area contributed by atoms with Crippen LogP contribution in [0.1, 0.15) is 48.7 Å². The lowest BCUT2D eigenvalue weighted by atomic mass is 9.98. The number of aromatic nitrogens is 1. The summed E-state index contributed by atoms with van der Waals surface area (Å²) < 4.78 is 7.47. The van der Waals surface area contributed by atoms with Crippen LogP contribution in [0.3, 0.4) is 0 Å². The molecule has 1 aromatic heterocycles. The lowest BCUT2D eigenvalue weighted by molar-refractivity contribution is 0.0839. The van der Waals surface area contributed by atoms with Crippen molar-refractivity contribution in [1.82, 2.24) is 9.47 Å². The smallest absolute Gasteiger partial charge is 0.179 e. The summed E-state index contributed by atoms with van der Waals surface area (Å²) in [6, 6.07) is 6.53. The molecule has 0 saturated carbocycles. The van der Waals surface area contributed by atoms with E-state index in [1.54, 1.807) is 7.11 Å². The van der Waals surface area contributed by atoms with Crippen molar-refractivity contribution < 1.29 is 9.53 Å². The molecule has 3 rings (SSSR count). The molecule has 2 aromatic rings. The van der Waals surface area contributed by atoms with E-state index in [0.29, 0.717) is 12.6 Å². The number of nitrogens with zero attached hydrogens (tertiary/aromatic N) is 2. The highest BCUT2D eigenvalue weighted by Crippen LogP contribution is 2.30. The van der Waals surface area contributed by atoms with Crippen molar-refractivity contribution in [2.24, 2.45) is 7.05 Å². The van der Waals surface area contributed by atoms with Gasteiger partial charge in [-0.25, -0.2) is 0 Å². The summed E-state index contributed by atoms with van der Waals surface area (Å²) in [6.45, 7) is 5.82. The molecule has 1 saturated heterocycles. The summed E-state index contributed by atoms with van der Waals surface area (Å²) >= 11 is 0. The number of aryl methyl sites for hydroxylation is 1. The number of likely N-dealkylation sites (tertiary alicyclic amines) is 1. The first-order valence-electron chi connectivity index (χ1n) is 8.97. The Balaban J connectivity index is 1.95. The number of ketones is 1. The Hall–Kier alpha value is -1.81. The van der Waals surface area contributed by atoms with Crippen LogP contribution in [0.5, 0.6) is 5.75 Å². The third kappa shape index (κ3) is 2.95. The first-order chi connectivity index (χ1) is 11.6. The molecule has 0 spiro atoms. The molecule has 24 heavy (non-hydrogen) atoms. The van der Waals surface area contributed by atoms with Gasteiger partial charge in [0.05, 0.1) is 13.7 Å². The Morgan fingerprint density at radius 3 is 2.83 bits per heavy atom. The fourth-order valence-corrected chi connectivity index (χ4v) is 4.02. The second-order valence-electron chi connectivity index (χ2n) is 6.85. The monoisotopic (exact) mass is 328 g/mol. The van der Waals surface area contributed by atoms with Gasteiger partial charge < -0.3 is 9.30 Å². The molecule has 4 heteroatoms. The van der Waals surface area contributed by atoms with E-state index in [2.05, 4.69) is 16.4 Å². The largest absolute Gasteiger partial charge is 0.497 e. The molecule has 0 bridgehead atoms. The zero-order chi connectivity index (χ0) is 17.3. The third-order valence-electron chi connectivity index (χ3n) is 5.55.